The van der Waals surface area contributed by atoms with Crippen LogP contribution in [0, 0.1) is 0 Å². The average molecular weight is 178 g/mol. The quantitative estimate of drug-likeness (QED) is 0.489. The Balaban J connectivity index is 2.32. The smallest absolute Gasteiger partial charge is 0.145 e. The number of ether oxygens (including phenoxy) is 1. The lowest BCUT2D eigenvalue weighted by Gasteiger charge is -2.23. The summed E-state index contributed by atoms with van der Waals surface area (Å²) in [5.41, 5.74) is 7.02. The number of carbonyl (C=O) groups is 1. The Morgan fingerprint density at radius 3 is 3.23 bits per heavy atom. The highest BCUT2D eigenvalue weighted by atomic mass is 16.5. The molecule has 0 aromatic heterocycles. The third-order valence-electron chi connectivity index (χ3n) is 1.93. The van der Waals surface area contributed by atoms with Crippen molar-refractivity contribution in [3.05, 3.63) is 18.2 Å². The standard InChI is InChI=1S/C9H10N2O2/c10-6-1-2-9-8(3-6)11-7(4-12)5-13-9/h1-4,7,11H,5,10H2. The molecule has 13 heavy (non-hydrogen) atoms. The zero-order valence-corrected chi connectivity index (χ0v) is 6.99. The van der Waals surface area contributed by atoms with E-state index in [-0.39, 0.29) is 6.04 Å². The van der Waals surface area contributed by atoms with Crippen molar-refractivity contribution in [2.75, 3.05) is 17.7 Å². The van der Waals surface area contributed by atoms with Crippen LogP contribution in [-0.2, 0) is 4.79 Å². The summed E-state index contributed by atoms with van der Waals surface area (Å²) in [6, 6.07) is 5.04. The molecular weight excluding hydrogens is 168 g/mol. The molecule has 0 radical (unpaired) electrons. The normalized spacial score (nSPS) is 19.5. The van der Waals surface area contributed by atoms with Gasteiger partial charge in [0.25, 0.3) is 0 Å². The van der Waals surface area contributed by atoms with Gasteiger partial charge in [-0.05, 0) is 18.2 Å². The number of carbonyl (C=O) groups excluding carboxylic acids is 1. The van der Waals surface area contributed by atoms with E-state index in [9.17, 15) is 4.79 Å². The highest BCUT2D eigenvalue weighted by Gasteiger charge is 2.17. The zero-order chi connectivity index (χ0) is 9.26. The molecular formula is C9H10N2O2. The summed E-state index contributed by atoms with van der Waals surface area (Å²) in [6.07, 6.45) is 0.826. The number of benzene rings is 1. The van der Waals surface area contributed by atoms with E-state index in [1.165, 1.54) is 0 Å². The van der Waals surface area contributed by atoms with E-state index in [2.05, 4.69) is 5.32 Å². The second kappa shape index (κ2) is 2.97. The number of anilines is 2. The lowest BCUT2D eigenvalue weighted by atomic mass is 10.2. The van der Waals surface area contributed by atoms with E-state index in [0.29, 0.717) is 12.3 Å². The topological polar surface area (TPSA) is 64.3 Å². The number of fused-ring (bicyclic) bond motifs is 1. The minimum absolute atomic E-state index is 0.269. The molecule has 0 spiro atoms. The Kier molecular flexibility index (Phi) is 1.81. The fraction of sp³-hybridized carbons (Fsp3) is 0.222. The number of nitrogen functional groups attached to an aromatic ring is 1. The molecule has 1 aromatic rings. The van der Waals surface area contributed by atoms with Gasteiger partial charge in [-0.15, -0.1) is 0 Å². The first kappa shape index (κ1) is 7.91. The maximum Gasteiger partial charge on any atom is 0.145 e. The van der Waals surface area contributed by atoms with Crippen LogP contribution in [0.15, 0.2) is 18.2 Å². The molecule has 0 saturated heterocycles. The summed E-state index contributed by atoms with van der Waals surface area (Å²) in [5.74, 6) is 0.743. The molecule has 1 heterocycles. The monoisotopic (exact) mass is 178 g/mol. The second-order valence-corrected chi connectivity index (χ2v) is 2.95. The molecule has 1 aliphatic heterocycles. The van der Waals surface area contributed by atoms with Crippen LogP contribution in [0.5, 0.6) is 5.75 Å². The van der Waals surface area contributed by atoms with Crippen LogP contribution >= 0.6 is 0 Å². The van der Waals surface area contributed by atoms with E-state index in [1.807, 2.05) is 0 Å². The van der Waals surface area contributed by atoms with Gasteiger partial charge in [-0.1, -0.05) is 0 Å². The Bertz CT molecular complexity index is 338. The second-order valence-electron chi connectivity index (χ2n) is 2.95. The third-order valence-corrected chi connectivity index (χ3v) is 1.93. The number of hydrogen-bond acceptors (Lipinski definition) is 4. The molecule has 1 aliphatic rings. The molecule has 0 bridgehead atoms. The molecule has 0 amide bonds. The van der Waals surface area contributed by atoms with E-state index < -0.39 is 0 Å². The number of hydrogen-bond donors (Lipinski definition) is 2. The fourth-order valence-corrected chi connectivity index (χ4v) is 1.28. The van der Waals surface area contributed by atoms with Crippen molar-refractivity contribution < 1.29 is 9.53 Å². The molecule has 1 atom stereocenters. The summed E-state index contributed by atoms with van der Waals surface area (Å²) in [4.78, 5) is 10.5. The molecule has 4 nitrogen and oxygen atoms in total. The number of nitrogens with one attached hydrogen (secondary N) is 1. The maximum absolute atomic E-state index is 10.5. The van der Waals surface area contributed by atoms with Crippen LogP contribution in [0.3, 0.4) is 0 Å². The van der Waals surface area contributed by atoms with Gasteiger partial charge in [-0.2, -0.15) is 0 Å². The molecule has 4 heteroatoms. The van der Waals surface area contributed by atoms with Crippen molar-refractivity contribution in [3.63, 3.8) is 0 Å². The maximum atomic E-state index is 10.5. The van der Waals surface area contributed by atoms with Crippen LogP contribution in [0.2, 0.25) is 0 Å². The van der Waals surface area contributed by atoms with Gasteiger partial charge in [0.05, 0.1) is 5.69 Å². The summed E-state index contributed by atoms with van der Waals surface area (Å²) < 4.78 is 5.33. The van der Waals surface area contributed by atoms with Gasteiger partial charge in [0, 0.05) is 5.69 Å². The third kappa shape index (κ3) is 1.42. The summed E-state index contributed by atoms with van der Waals surface area (Å²) in [7, 11) is 0. The first-order valence-electron chi connectivity index (χ1n) is 4.04. The lowest BCUT2D eigenvalue weighted by Crippen LogP contribution is -2.32. The van der Waals surface area contributed by atoms with Gasteiger partial charge in [-0.3, -0.25) is 0 Å². The van der Waals surface area contributed by atoms with Crippen LogP contribution in [0.25, 0.3) is 0 Å². The van der Waals surface area contributed by atoms with Gasteiger partial charge < -0.3 is 20.6 Å². The predicted molar refractivity (Wildman–Crippen MR) is 49.8 cm³/mol. The van der Waals surface area contributed by atoms with E-state index >= 15 is 0 Å². The van der Waals surface area contributed by atoms with Crippen LogP contribution in [0.4, 0.5) is 11.4 Å². The first-order valence-corrected chi connectivity index (χ1v) is 4.04. The minimum Gasteiger partial charge on any atom is -0.489 e. The highest BCUT2D eigenvalue weighted by molar-refractivity contribution is 5.72. The molecule has 1 aromatic carbocycles. The van der Waals surface area contributed by atoms with Crippen LogP contribution in [0.1, 0.15) is 0 Å². The summed E-state index contributed by atoms with van der Waals surface area (Å²) in [6.45, 7) is 0.375. The lowest BCUT2D eigenvalue weighted by molar-refractivity contribution is -0.109. The van der Waals surface area contributed by atoms with E-state index in [4.69, 9.17) is 10.5 Å². The van der Waals surface area contributed by atoms with E-state index in [0.717, 1.165) is 17.7 Å². The fourth-order valence-electron chi connectivity index (χ4n) is 1.28. The summed E-state index contributed by atoms with van der Waals surface area (Å²) in [5, 5.41) is 3.01. The van der Waals surface area contributed by atoms with E-state index in [1.54, 1.807) is 18.2 Å². The van der Waals surface area contributed by atoms with Crippen LogP contribution < -0.4 is 15.8 Å². The Morgan fingerprint density at radius 2 is 2.46 bits per heavy atom. The van der Waals surface area contributed by atoms with Gasteiger partial charge >= 0.3 is 0 Å². The van der Waals surface area contributed by atoms with Crippen molar-refractivity contribution in [3.8, 4) is 5.75 Å². The van der Waals surface area contributed by atoms with Crippen molar-refractivity contribution in [1.82, 2.24) is 0 Å². The van der Waals surface area contributed by atoms with Gasteiger partial charge in [0.1, 0.15) is 24.7 Å². The van der Waals surface area contributed by atoms with Gasteiger partial charge in [0.15, 0.2) is 0 Å². The van der Waals surface area contributed by atoms with Crippen molar-refractivity contribution in [2.24, 2.45) is 0 Å². The average Bonchev–Trinajstić information content (AvgIpc) is 2.16. The molecule has 2 rings (SSSR count). The number of rotatable bonds is 1. The summed E-state index contributed by atoms with van der Waals surface area (Å²) >= 11 is 0. The van der Waals surface area contributed by atoms with Gasteiger partial charge in [-0.25, -0.2) is 0 Å². The number of nitrogens with two attached hydrogens (primary N) is 1. The van der Waals surface area contributed by atoms with Crippen molar-refractivity contribution >= 4 is 17.7 Å². The Labute approximate surface area is 75.7 Å². The van der Waals surface area contributed by atoms with Gasteiger partial charge in [0.2, 0.25) is 0 Å². The molecule has 0 saturated carbocycles. The van der Waals surface area contributed by atoms with Crippen molar-refractivity contribution in [1.29, 1.82) is 0 Å². The van der Waals surface area contributed by atoms with Crippen molar-refractivity contribution in [2.45, 2.75) is 6.04 Å². The van der Waals surface area contributed by atoms with Crippen LogP contribution in [-0.4, -0.2) is 18.9 Å². The number of aldehydes is 1. The predicted octanol–water partition coefficient (Wildman–Crippen LogP) is 0.641. The highest BCUT2D eigenvalue weighted by Crippen LogP contribution is 2.30. The largest absolute Gasteiger partial charge is 0.489 e. The Hall–Kier alpha value is -1.71. The minimum atomic E-state index is -0.269. The first-order chi connectivity index (χ1) is 6.29. The zero-order valence-electron chi connectivity index (χ0n) is 6.99. The molecule has 0 fully saturated rings. The molecule has 68 valence electrons. The molecule has 3 N–H and O–H groups in total. The SMILES string of the molecule is Nc1ccc2c(c1)NC(C=O)CO2. The molecule has 0 aliphatic carbocycles. The Morgan fingerprint density at radius 1 is 1.62 bits per heavy atom. The molecule has 1 unspecified atom stereocenters.